The van der Waals surface area contributed by atoms with E-state index in [0.717, 1.165) is 0 Å². The molecule has 0 bridgehead atoms. The van der Waals surface area contributed by atoms with E-state index in [1.165, 1.54) is 23.0 Å². The largest absolute Gasteiger partial charge is 0.394 e. The first-order chi connectivity index (χ1) is 14.4. The van der Waals surface area contributed by atoms with Crippen molar-refractivity contribution in [3.63, 3.8) is 0 Å². The summed E-state index contributed by atoms with van der Waals surface area (Å²) >= 11 is 0. The molecule has 3 aromatic rings. The molecule has 4 atom stereocenters. The average Bonchev–Trinajstić information content (AvgIpc) is 3.28. The molecule has 1 fully saturated rings. The highest BCUT2D eigenvalue weighted by molar-refractivity contribution is 5.99. The van der Waals surface area contributed by atoms with Gasteiger partial charge in [0, 0.05) is 0 Å². The zero-order valence-electron chi connectivity index (χ0n) is 15.8. The fourth-order valence-electron chi connectivity index (χ4n) is 3.17. The maximum Gasteiger partial charge on any atom is 0.247 e. The van der Waals surface area contributed by atoms with E-state index >= 15 is 0 Å². The van der Waals surface area contributed by atoms with Crippen LogP contribution in [-0.4, -0.2) is 65.5 Å². The van der Waals surface area contributed by atoms with Crippen molar-refractivity contribution in [2.75, 3.05) is 17.8 Å². The van der Waals surface area contributed by atoms with E-state index in [4.69, 9.17) is 10.5 Å². The number of hydrogen-bond acceptors (Lipinski definition) is 10. The van der Waals surface area contributed by atoms with Gasteiger partial charge in [0.05, 0.1) is 18.6 Å². The van der Waals surface area contributed by atoms with Crippen LogP contribution in [0.5, 0.6) is 0 Å². The van der Waals surface area contributed by atoms with Crippen molar-refractivity contribution in [2.45, 2.75) is 31.5 Å². The van der Waals surface area contributed by atoms with Gasteiger partial charge in [-0.25, -0.2) is 14.8 Å². The molecular weight excluding hydrogens is 397 g/mol. The Kier molecular flexibility index (Phi) is 5.30. The van der Waals surface area contributed by atoms with Gasteiger partial charge in [-0.15, -0.1) is 0 Å². The number of aliphatic hydroxyl groups is 3. The predicted octanol–water partition coefficient (Wildman–Crippen LogP) is -0.00480. The summed E-state index contributed by atoms with van der Waals surface area (Å²) in [7, 11) is 0. The summed E-state index contributed by atoms with van der Waals surface area (Å²) in [6.45, 7) is 1.27. The Bertz CT molecular complexity index is 1090. The number of rotatable bonds is 5. The van der Waals surface area contributed by atoms with Crippen LogP contribution in [0.15, 0.2) is 35.7 Å². The summed E-state index contributed by atoms with van der Waals surface area (Å²) in [5, 5.41) is 33.8. The molecule has 4 rings (SSSR count). The molecule has 11 nitrogen and oxygen atoms in total. The van der Waals surface area contributed by atoms with Crippen LogP contribution in [0.25, 0.3) is 11.2 Å². The van der Waals surface area contributed by atoms with Crippen molar-refractivity contribution >= 4 is 28.6 Å². The van der Waals surface area contributed by atoms with Gasteiger partial charge < -0.3 is 25.8 Å². The van der Waals surface area contributed by atoms with Gasteiger partial charge in [0.1, 0.15) is 29.6 Å². The Morgan fingerprint density at radius 3 is 2.67 bits per heavy atom. The van der Waals surface area contributed by atoms with Crippen molar-refractivity contribution in [3.8, 4) is 0 Å². The lowest BCUT2D eigenvalue weighted by Gasteiger charge is -2.16. The van der Waals surface area contributed by atoms with Gasteiger partial charge in [0.15, 0.2) is 17.7 Å². The summed E-state index contributed by atoms with van der Waals surface area (Å²) in [6, 6.07) is 5.83. The number of benzene rings is 1. The number of anilines is 2. The monoisotopic (exact) mass is 417 g/mol. The van der Waals surface area contributed by atoms with Crippen LogP contribution in [0.4, 0.5) is 16.2 Å². The third-order valence-electron chi connectivity index (χ3n) is 4.83. The van der Waals surface area contributed by atoms with Crippen molar-refractivity contribution in [3.05, 3.63) is 42.0 Å². The number of hydrogen-bond donors (Lipinski definition) is 5. The van der Waals surface area contributed by atoms with Gasteiger partial charge >= 0.3 is 0 Å². The molecule has 0 saturated carbocycles. The molecule has 1 aromatic carbocycles. The Hall–Kier alpha value is -3.19. The molecule has 0 radical (unpaired) electrons. The number of fused-ring (bicyclic) bond motifs is 1. The van der Waals surface area contributed by atoms with Gasteiger partial charge in [-0.1, -0.05) is 12.1 Å². The van der Waals surface area contributed by atoms with E-state index in [1.807, 2.05) is 0 Å². The molecule has 0 amide bonds. The van der Waals surface area contributed by atoms with E-state index in [9.17, 15) is 19.7 Å². The molecule has 0 unspecified atom stereocenters. The summed E-state index contributed by atoms with van der Waals surface area (Å²) in [4.78, 5) is 12.6. The first-order valence-corrected chi connectivity index (χ1v) is 9.07. The Balaban J connectivity index is 1.64. The van der Waals surface area contributed by atoms with Crippen molar-refractivity contribution in [1.29, 1.82) is 0 Å². The van der Waals surface area contributed by atoms with Crippen LogP contribution in [0.1, 0.15) is 18.7 Å². The van der Waals surface area contributed by atoms with E-state index in [2.05, 4.69) is 25.5 Å². The minimum absolute atomic E-state index is 0.0648. The maximum absolute atomic E-state index is 13.1. The molecule has 0 aliphatic carbocycles. The van der Waals surface area contributed by atoms with Crippen molar-refractivity contribution in [1.82, 2.24) is 19.5 Å². The third-order valence-corrected chi connectivity index (χ3v) is 4.83. The molecule has 1 saturated heterocycles. The van der Waals surface area contributed by atoms with Crippen LogP contribution in [0.2, 0.25) is 0 Å². The lowest BCUT2D eigenvalue weighted by Crippen LogP contribution is -2.33. The topological polar surface area (TPSA) is 164 Å². The number of ether oxygens (including phenoxy) is 1. The van der Waals surface area contributed by atoms with Crippen LogP contribution in [-0.2, 0) is 4.74 Å². The fraction of sp³-hybridized carbons (Fsp3) is 0.333. The second-order valence-corrected chi connectivity index (χ2v) is 6.80. The van der Waals surface area contributed by atoms with Gasteiger partial charge in [-0.2, -0.15) is 15.1 Å². The summed E-state index contributed by atoms with van der Waals surface area (Å²) in [5.74, 6) is -0.211. The zero-order valence-corrected chi connectivity index (χ0v) is 15.8. The average molecular weight is 417 g/mol. The highest BCUT2D eigenvalue weighted by atomic mass is 19.1. The number of halogens is 1. The Morgan fingerprint density at radius 2 is 2.00 bits per heavy atom. The number of nitrogens with two attached hydrogens (primary N) is 1. The quantitative estimate of drug-likeness (QED) is 0.284. The van der Waals surface area contributed by atoms with E-state index in [0.29, 0.717) is 11.3 Å². The van der Waals surface area contributed by atoms with Crippen LogP contribution < -0.4 is 11.2 Å². The number of nitrogen functional groups attached to an aromatic ring is 1. The molecule has 30 heavy (non-hydrogen) atoms. The number of aromatic nitrogens is 4. The van der Waals surface area contributed by atoms with Crippen molar-refractivity contribution < 1.29 is 24.4 Å². The molecule has 6 N–H and O–H groups in total. The maximum atomic E-state index is 13.1. The molecule has 12 heteroatoms. The first-order valence-electron chi connectivity index (χ1n) is 9.07. The molecule has 1 aliphatic heterocycles. The fourth-order valence-corrected chi connectivity index (χ4v) is 3.17. The minimum Gasteiger partial charge on any atom is -0.394 e. The molecule has 3 heterocycles. The normalized spacial score (nSPS) is 24.5. The standard InChI is InChI=1S/C18H20FN7O4/c1-8(9-2-4-10(19)5-3-9)24-25-18-22-15(20)12-16(23-18)26(7-21-12)17-14(29)13(28)11(6-27)30-17/h2-5,7,11,13-14,17,27-29H,6H2,1H3,(H3,20,22,23,25)/b24-8+/t11-,13-,14-,17-/m1/s1. The highest BCUT2D eigenvalue weighted by Gasteiger charge is 2.44. The lowest BCUT2D eigenvalue weighted by atomic mass is 10.1. The zero-order chi connectivity index (χ0) is 21.4. The van der Waals surface area contributed by atoms with E-state index in [1.54, 1.807) is 19.1 Å². The minimum atomic E-state index is -1.30. The number of hydrazone groups is 1. The lowest BCUT2D eigenvalue weighted by molar-refractivity contribution is -0.0511. The van der Waals surface area contributed by atoms with Gasteiger partial charge in [0.2, 0.25) is 5.95 Å². The Labute approximate surface area is 169 Å². The second kappa shape index (κ2) is 7.91. The van der Waals surface area contributed by atoms with E-state index in [-0.39, 0.29) is 28.7 Å². The Morgan fingerprint density at radius 1 is 1.27 bits per heavy atom. The number of nitrogens with zero attached hydrogens (tertiary/aromatic N) is 5. The molecule has 158 valence electrons. The predicted molar refractivity (Wildman–Crippen MR) is 105 cm³/mol. The second-order valence-electron chi connectivity index (χ2n) is 6.80. The molecule has 0 spiro atoms. The molecule has 2 aromatic heterocycles. The third kappa shape index (κ3) is 3.57. The highest BCUT2D eigenvalue weighted by Crippen LogP contribution is 2.32. The molecular formula is C18H20FN7O4. The first kappa shape index (κ1) is 20.1. The van der Waals surface area contributed by atoms with E-state index < -0.39 is 31.1 Å². The van der Waals surface area contributed by atoms with Crippen LogP contribution >= 0.6 is 0 Å². The molecule has 1 aliphatic rings. The smallest absolute Gasteiger partial charge is 0.247 e. The van der Waals surface area contributed by atoms with Crippen LogP contribution in [0, 0.1) is 5.82 Å². The summed E-state index contributed by atoms with van der Waals surface area (Å²) < 4.78 is 20.0. The van der Waals surface area contributed by atoms with Gasteiger partial charge in [-0.3, -0.25) is 4.57 Å². The van der Waals surface area contributed by atoms with Gasteiger partial charge in [-0.05, 0) is 24.6 Å². The van der Waals surface area contributed by atoms with Crippen LogP contribution in [0.3, 0.4) is 0 Å². The summed E-state index contributed by atoms with van der Waals surface area (Å²) in [5.41, 5.74) is 10.5. The van der Waals surface area contributed by atoms with Gasteiger partial charge in [0.25, 0.3) is 0 Å². The van der Waals surface area contributed by atoms with Crippen molar-refractivity contribution in [2.24, 2.45) is 5.10 Å². The number of imidazole rings is 1. The number of nitrogens with one attached hydrogen (secondary N) is 1. The summed E-state index contributed by atoms with van der Waals surface area (Å²) in [6.07, 6.45) is -3.17. The SMILES string of the molecule is C/C(=N\Nc1nc(N)c2ncn([C@@H]3O[C@H](CO)[C@@H](O)[C@H]3O)c2n1)c1ccc(F)cc1. The number of aliphatic hydroxyl groups excluding tert-OH is 3.